The van der Waals surface area contributed by atoms with Crippen molar-refractivity contribution in [2.75, 3.05) is 24.5 Å². The Morgan fingerprint density at radius 1 is 1.06 bits per heavy atom. The van der Waals surface area contributed by atoms with Crippen LogP contribution in [0.3, 0.4) is 0 Å². The summed E-state index contributed by atoms with van der Waals surface area (Å²) in [6.45, 7) is 2.34. The average Bonchev–Trinajstić information content (AvgIpc) is 2.83. The first-order valence-corrected chi connectivity index (χ1v) is 12.6. The number of amides is 1. The van der Waals surface area contributed by atoms with E-state index in [9.17, 15) is 22.4 Å². The van der Waals surface area contributed by atoms with Crippen LogP contribution >= 0.6 is 0 Å². The largest absolute Gasteiger partial charge is 0.452 e. The predicted octanol–water partition coefficient (Wildman–Crippen LogP) is 3.14. The Hall–Kier alpha value is -2.78. The molecule has 2 aromatic carbocycles. The number of para-hydroxylation sites is 1. The third-order valence-corrected chi connectivity index (χ3v) is 8.07. The number of sulfonamides is 1. The van der Waals surface area contributed by atoms with Gasteiger partial charge in [0.25, 0.3) is 5.91 Å². The highest BCUT2D eigenvalue weighted by molar-refractivity contribution is 7.89. The van der Waals surface area contributed by atoms with Crippen molar-refractivity contribution in [3.8, 4) is 0 Å². The quantitative estimate of drug-likeness (QED) is 0.622. The molecule has 4 rings (SSSR count). The second kappa shape index (κ2) is 9.61. The zero-order chi connectivity index (χ0) is 23.6. The smallest absolute Gasteiger partial charge is 0.311 e. The van der Waals surface area contributed by atoms with Crippen LogP contribution in [0.2, 0.25) is 0 Å². The molecule has 2 atom stereocenters. The summed E-state index contributed by atoms with van der Waals surface area (Å²) in [6, 6.07) is 12.3. The molecule has 2 aliphatic rings. The molecule has 0 aliphatic carbocycles. The standard InChI is InChI=1S/C24H27FN2O5S/c1-17(23(28)27-15-5-7-18-6-2-3-9-22(18)27)32-24(29)19-8-4-14-26(16-19)33(30,31)21-12-10-20(25)11-13-21/h2-3,6,9-13,17,19H,4-5,7-8,14-16H2,1H3/t17-,19+/m0/s1. The molecule has 0 spiro atoms. The maximum Gasteiger partial charge on any atom is 0.311 e. The van der Waals surface area contributed by atoms with Gasteiger partial charge in [-0.1, -0.05) is 18.2 Å². The Morgan fingerprint density at radius 3 is 2.55 bits per heavy atom. The number of rotatable bonds is 5. The fourth-order valence-electron chi connectivity index (χ4n) is 4.41. The van der Waals surface area contributed by atoms with Gasteiger partial charge in [0.2, 0.25) is 10.0 Å². The van der Waals surface area contributed by atoms with Crippen LogP contribution in [0.25, 0.3) is 0 Å². The molecule has 33 heavy (non-hydrogen) atoms. The summed E-state index contributed by atoms with van der Waals surface area (Å²) in [5, 5.41) is 0. The second-order valence-electron chi connectivity index (χ2n) is 8.46. The molecule has 0 radical (unpaired) electrons. The second-order valence-corrected chi connectivity index (χ2v) is 10.4. The fourth-order valence-corrected chi connectivity index (χ4v) is 5.94. The molecule has 0 N–H and O–H groups in total. The lowest BCUT2D eigenvalue weighted by Crippen LogP contribution is -2.46. The van der Waals surface area contributed by atoms with Crippen molar-refractivity contribution in [2.24, 2.45) is 5.92 Å². The zero-order valence-electron chi connectivity index (χ0n) is 18.4. The first-order valence-electron chi connectivity index (χ1n) is 11.1. The zero-order valence-corrected chi connectivity index (χ0v) is 19.3. The highest BCUT2D eigenvalue weighted by atomic mass is 32.2. The average molecular weight is 475 g/mol. The van der Waals surface area contributed by atoms with E-state index in [1.807, 2.05) is 24.3 Å². The number of hydrogen-bond donors (Lipinski definition) is 0. The van der Waals surface area contributed by atoms with Crippen molar-refractivity contribution < 1.29 is 27.1 Å². The Kier molecular flexibility index (Phi) is 6.81. The van der Waals surface area contributed by atoms with E-state index in [1.54, 1.807) is 11.8 Å². The third-order valence-electron chi connectivity index (χ3n) is 6.19. The molecule has 176 valence electrons. The van der Waals surface area contributed by atoms with E-state index in [0.29, 0.717) is 19.4 Å². The molecule has 2 aromatic rings. The number of aryl methyl sites for hydroxylation is 1. The summed E-state index contributed by atoms with van der Waals surface area (Å²) in [5.41, 5.74) is 1.93. The van der Waals surface area contributed by atoms with E-state index in [0.717, 1.165) is 36.2 Å². The van der Waals surface area contributed by atoms with Crippen LogP contribution in [-0.2, 0) is 30.8 Å². The van der Waals surface area contributed by atoms with Crippen molar-refractivity contribution in [1.29, 1.82) is 0 Å². The number of fused-ring (bicyclic) bond motifs is 1. The van der Waals surface area contributed by atoms with Gasteiger partial charge < -0.3 is 9.64 Å². The van der Waals surface area contributed by atoms with Gasteiger partial charge in [0.15, 0.2) is 6.10 Å². The number of halogens is 1. The van der Waals surface area contributed by atoms with Gasteiger partial charge in [-0.05, 0) is 68.5 Å². The van der Waals surface area contributed by atoms with Gasteiger partial charge in [0, 0.05) is 25.3 Å². The SMILES string of the molecule is C[C@H](OC(=O)[C@@H]1CCCN(S(=O)(=O)c2ccc(F)cc2)C1)C(=O)N1CCCc2ccccc21. The molecule has 0 unspecified atom stereocenters. The monoisotopic (exact) mass is 474 g/mol. The van der Waals surface area contributed by atoms with Crippen molar-refractivity contribution in [2.45, 2.75) is 43.6 Å². The number of anilines is 1. The Bertz CT molecular complexity index is 1140. The van der Waals surface area contributed by atoms with E-state index in [2.05, 4.69) is 0 Å². The van der Waals surface area contributed by atoms with Crippen LogP contribution in [0.15, 0.2) is 53.4 Å². The van der Waals surface area contributed by atoms with Gasteiger partial charge in [-0.2, -0.15) is 4.31 Å². The maximum absolute atomic E-state index is 13.2. The summed E-state index contributed by atoms with van der Waals surface area (Å²) in [6.07, 6.45) is 1.72. The molecule has 2 heterocycles. The van der Waals surface area contributed by atoms with E-state index in [-0.39, 0.29) is 23.9 Å². The Balaban J connectivity index is 1.41. The minimum atomic E-state index is -3.86. The minimum absolute atomic E-state index is 0.0229. The number of carbonyl (C=O) groups is 2. The lowest BCUT2D eigenvalue weighted by atomic mass is 10.00. The molecule has 1 amide bonds. The number of esters is 1. The van der Waals surface area contributed by atoms with Gasteiger partial charge in [-0.25, -0.2) is 12.8 Å². The van der Waals surface area contributed by atoms with Crippen molar-refractivity contribution >= 4 is 27.6 Å². The molecule has 0 saturated carbocycles. The summed E-state index contributed by atoms with van der Waals surface area (Å²) < 4.78 is 45.7. The van der Waals surface area contributed by atoms with Gasteiger partial charge >= 0.3 is 5.97 Å². The van der Waals surface area contributed by atoms with Gasteiger partial charge in [0.1, 0.15) is 5.82 Å². The van der Waals surface area contributed by atoms with E-state index in [1.165, 1.54) is 16.4 Å². The first-order chi connectivity index (χ1) is 15.8. The number of hydrogen-bond acceptors (Lipinski definition) is 5. The molecule has 1 saturated heterocycles. The van der Waals surface area contributed by atoms with Crippen LogP contribution in [0.4, 0.5) is 10.1 Å². The van der Waals surface area contributed by atoms with Gasteiger partial charge in [0.05, 0.1) is 10.8 Å². The fraction of sp³-hybridized carbons (Fsp3) is 0.417. The summed E-state index contributed by atoms with van der Waals surface area (Å²) in [4.78, 5) is 27.5. The Labute approximate surface area is 193 Å². The highest BCUT2D eigenvalue weighted by Gasteiger charge is 2.36. The number of carbonyl (C=O) groups excluding carboxylic acids is 2. The van der Waals surface area contributed by atoms with Crippen molar-refractivity contribution in [3.05, 3.63) is 59.9 Å². The lowest BCUT2D eigenvalue weighted by molar-refractivity contribution is -0.159. The van der Waals surface area contributed by atoms with Crippen LogP contribution in [0.1, 0.15) is 31.7 Å². The van der Waals surface area contributed by atoms with E-state index in [4.69, 9.17) is 4.74 Å². The summed E-state index contributed by atoms with van der Waals surface area (Å²) >= 11 is 0. The van der Waals surface area contributed by atoms with Crippen LogP contribution in [0, 0.1) is 11.7 Å². The topological polar surface area (TPSA) is 84.0 Å². The molecule has 0 aromatic heterocycles. The number of ether oxygens (including phenoxy) is 1. The van der Waals surface area contributed by atoms with Crippen LogP contribution in [0.5, 0.6) is 0 Å². The minimum Gasteiger partial charge on any atom is -0.452 e. The number of benzene rings is 2. The molecular weight excluding hydrogens is 447 g/mol. The maximum atomic E-state index is 13.2. The van der Waals surface area contributed by atoms with Crippen molar-refractivity contribution in [1.82, 2.24) is 4.31 Å². The molecule has 0 bridgehead atoms. The van der Waals surface area contributed by atoms with E-state index >= 15 is 0 Å². The molecule has 2 aliphatic heterocycles. The van der Waals surface area contributed by atoms with E-state index < -0.39 is 33.8 Å². The Morgan fingerprint density at radius 2 is 1.79 bits per heavy atom. The normalized spacial score (nSPS) is 20.1. The molecule has 9 heteroatoms. The lowest BCUT2D eigenvalue weighted by Gasteiger charge is -2.33. The number of nitrogens with zero attached hydrogens (tertiary/aromatic N) is 2. The summed E-state index contributed by atoms with van der Waals surface area (Å²) in [7, 11) is -3.86. The van der Waals surface area contributed by atoms with Crippen LogP contribution in [-0.4, -0.2) is 50.3 Å². The molecule has 7 nitrogen and oxygen atoms in total. The first kappa shape index (κ1) is 23.4. The highest BCUT2D eigenvalue weighted by Crippen LogP contribution is 2.28. The summed E-state index contributed by atoms with van der Waals surface area (Å²) in [5.74, 6) is -2.07. The molecule has 1 fully saturated rings. The predicted molar refractivity (Wildman–Crippen MR) is 121 cm³/mol. The number of piperidine rings is 1. The van der Waals surface area contributed by atoms with Gasteiger partial charge in [-0.3, -0.25) is 9.59 Å². The van der Waals surface area contributed by atoms with Crippen LogP contribution < -0.4 is 4.90 Å². The van der Waals surface area contributed by atoms with Crippen molar-refractivity contribution in [3.63, 3.8) is 0 Å². The molecular formula is C24H27FN2O5S. The van der Waals surface area contributed by atoms with Gasteiger partial charge in [-0.15, -0.1) is 0 Å². The third kappa shape index (κ3) is 4.94.